The Kier molecular flexibility index (Phi) is 9.58. The number of rotatable bonds is 4. The minimum Gasteiger partial charge on any atom is -0.480 e. The van der Waals surface area contributed by atoms with Crippen molar-refractivity contribution in [1.82, 2.24) is 0 Å². The fourth-order valence-electron chi connectivity index (χ4n) is 0.368. The van der Waals surface area contributed by atoms with E-state index in [0.29, 0.717) is 6.42 Å². The van der Waals surface area contributed by atoms with Crippen molar-refractivity contribution in [2.24, 2.45) is 5.73 Å². The monoisotopic (exact) mass is 229 g/mol. The molecule has 3 nitrogen and oxygen atoms in total. The largest absolute Gasteiger partial charge is 0.480 e. The van der Waals surface area contributed by atoms with Gasteiger partial charge in [-0.2, -0.15) is 11.8 Å². The van der Waals surface area contributed by atoms with Crippen LogP contribution >= 0.6 is 11.8 Å². The number of hydrogen-bond acceptors (Lipinski definition) is 3. The van der Waals surface area contributed by atoms with Gasteiger partial charge < -0.3 is 10.8 Å². The van der Waals surface area contributed by atoms with Gasteiger partial charge in [-0.25, -0.2) is 0 Å². The smallest absolute Gasteiger partial charge is 0.320 e. The molecular weight excluding hydrogens is 217 g/mol. The predicted molar refractivity (Wildman–Crippen MR) is 44.4 cm³/mol. The third-order valence-electron chi connectivity index (χ3n) is 0.950. The summed E-state index contributed by atoms with van der Waals surface area (Å²) in [5.41, 5.74) is 5.19. The maximum absolute atomic E-state index is 10.1. The van der Waals surface area contributed by atoms with E-state index in [-0.39, 0.29) is 17.1 Å². The molecule has 0 aliphatic heterocycles. The van der Waals surface area contributed by atoms with Crippen molar-refractivity contribution < 1.29 is 9.90 Å². The van der Waals surface area contributed by atoms with Gasteiger partial charge in [0, 0.05) is 17.1 Å². The number of thioether (sulfide) groups is 1. The molecule has 0 saturated carbocycles. The van der Waals surface area contributed by atoms with Crippen LogP contribution in [0.3, 0.4) is 0 Å². The molecule has 0 aromatic rings. The summed E-state index contributed by atoms with van der Waals surface area (Å²) in [5, 5.41) is 8.27. The SMILES string of the molecule is CSCCC(N)C(=O)O.[Se]. The molecule has 60 valence electrons. The second-order valence-electron chi connectivity index (χ2n) is 1.73. The Morgan fingerprint density at radius 3 is 2.60 bits per heavy atom. The Hall–Kier alpha value is 0.299. The van der Waals surface area contributed by atoms with Crippen LogP contribution in [0.1, 0.15) is 6.42 Å². The van der Waals surface area contributed by atoms with Gasteiger partial charge in [-0.15, -0.1) is 0 Å². The van der Waals surface area contributed by atoms with Crippen LogP contribution in [0, 0.1) is 0 Å². The van der Waals surface area contributed by atoms with E-state index in [1.165, 1.54) is 0 Å². The Morgan fingerprint density at radius 1 is 1.80 bits per heavy atom. The number of aliphatic carboxylic acids is 1. The zero-order valence-electron chi connectivity index (χ0n) is 5.74. The summed E-state index contributed by atoms with van der Waals surface area (Å²) in [7, 11) is 0. The summed E-state index contributed by atoms with van der Waals surface area (Å²) >= 11 is 1.60. The van der Waals surface area contributed by atoms with Gasteiger partial charge in [-0.3, -0.25) is 4.79 Å². The Bertz CT molecular complexity index is 102. The van der Waals surface area contributed by atoms with Crippen LogP contribution in [0.4, 0.5) is 0 Å². The molecule has 0 rings (SSSR count). The third-order valence-corrected chi connectivity index (χ3v) is 1.59. The van der Waals surface area contributed by atoms with Crippen LogP contribution in [-0.4, -0.2) is 46.2 Å². The van der Waals surface area contributed by atoms with Gasteiger partial charge >= 0.3 is 5.97 Å². The fraction of sp³-hybridized carbons (Fsp3) is 0.800. The van der Waals surface area contributed by atoms with E-state index in [2.05, 4.69) is 0 Å². The van der Waals surface area contributed by atoms with Crippen molar-refractivity contribution in [3.63, 3.8) is 0 Å². The predicted octanol–water partition coefficient (Wildman–Crippen LogP) is -0.229. The Balaban J connectivity index is 0. The molecule has 10 heavy (non-hydrogen) atoms. The summed E-state index contributed by atoms with van der Waals surface area (Å²) in [6.07, 6.45) is 2.48. The van der Waals surface area contributed by atoms with Crippen molar-refractivity contribution in [3.05, 3.63) is 0 Å². The number of nitrogens with two attached hydrogens (primary N) is 1. The van der Waals surface area contributed by atoms with Crippen molar-refractivity contribution >= 4 is 34.8 Å². The van der Waals surface area contributed by atoms with Gasteiger partial charge in [0.15, 0.2) is 0 Å². The van der Waals surface area contributed by atoms with Crippen LogP contribution in [0.15, 0.2) is 0 Å². The molecule has 0 heterocycles. The van der Waals surface area contributed by atoms with Gasteiger partial charge in [0.05, 0.1) is 0 Å². The molecule has 0 spiro atoms. The van der Waals surface area contributed by atoms with Crippen LogP contribution in [-0.2, 0) is 4.79 Å². The van der Waals surface area contributed by atoms with Crippen LogP contribution in [0.2, 0.25) is 0 Å². The first-order valence-electron chi connectivity index (χ1n) is 2.65. The topological polar surface area (TPSA) is 63.3 Å². The summed E-state index contributed by atoms with van der Waals surface area (Å²) in [4.78, 5) is 10.1. The van der Waals surface area contributed by atoms with Gasteiger partial charge in [0.25, 0.3) is 0 Å². The van der Waals surface area contributed by atoms with Gasteiger partial charge in [-0.1, -0.05) is 0 Å². The normalized spacial score (nSPS) is 11.8. The minimum atomic E-state index is -0.913. The number of carbonyl (C=O) groups is 1. The molecule has 1 unspecified atom stereocenters. The molecule has 0 saturated heterocycles. The first kappa shape index (κ1) is 12.9. The first-order valence-corrected chi connectivity index (χ1v) is 4.05. The summed E-state index contributed by atoms with van der Waals surface area (Å²) in [6, 6.07) is -0.683. The van der Waals surface area contributed by atoms with Crippen LogP contribution in [0.5, 0.6) is 0 Å². The molecule has 0 bridgehead atoms. The van der Waals surface area contributed by atoms with Crippen LogP contribution < -0.4 is 5.73 Å². The molecule has 0 aliphatic rings. The maximum Gasteiger partial charge on any atom is 0.320 e. The zero-order chi connectivity index (χ0) is 7.28. The van der Waals surface area contributed by atoms with E-state index < -0.39 is 12.0 Å². The Labute approximate surface area is 75.2 Å². The minimum absolute atomic E-state index is 0. The molecule has 5 heteroatoms. The van der Waals surface area contributed by atoms with E-state index in [1.54, 1.807) is 11.8 Å². The summed E-state index contributed by atoms with van der Waals surface area (Å²) in [5.74, 6) is -0.1000. The molecule has 2 radical (unpaired) electrons. The molecule has 3 N–H and O–H groups in total. The van der Waals surface area contributed by atoms with Crippen molar-refractivity contribution in [2.45, 2.75) is 12.5 Å². The quantitative estimate of drug-likeness (QED) is 0.652. The van der Waals surface area contributed by atoms with Gasteiger partial charge in [0.2, 0.25) is 0 Å². The molecule has 0 fully saturated rings. The van der Waals surface area contributed by atoms with Gasteiger partial charge in [0.1, 0.15) is 6.04 Å². The standard InChI is InChI=1S/C5H11NO2S.Se/c1-9-3-2-4(6)5(7)8;/h4H,2-3,6H2,1H3,(H,7,8);. The second kappa shape index (κ2) is 7.41. The van der Waals surface area contributed by atoms with Crippen molar-refractivity contribution in [1.29, 1.82) is 0 Å². The summed E-state index contributed by atoms with van der Waals surface area (Å²) in [6.45, 7) is 0. The molecular formula is C5H11NO2SSe. The average molecular weight is 228 g/mol. The zero-order valence-corrected chi connectivity index (χ0v) is 8.27. The molecule has 0 aliphatic carbocycles. The van der Waals surface area contributed by atoms with E-state index in [9.17, 15) is 4.79 Å². The summed E-state index contributed by atoms with van der Waals surface area (Å²) < 4.78 is 0. The number of hydrogen-bond donors (Lipinski definition) is 2. The third kappa shape index (κ3) is 6.42. The maximum atomic E-state index is 10.1. The molecule has 0 aromatic carbocycles. The van der Waals surface area contributed by atoms with E-state index in [0.717, 1.165) is 5.75 Å². The average Bonchev–Trinajstić information content (AvgIpc) is 1.82. The van der Waals surface area contributed by atoms with Crippen LogP contribution in [0.25, 0.3) is 0 Å². The molecule has 0 aromatic heterocycles. The molecule has 0 amide bonds. The van der Waals surface area contributed by atoms with Crippen molar-refractivity contribution in [2.75, 3.05) is 12.0 Å². The Morgan fingerprint density at radius 2 is 2.30 bits per heavy atom. The van der Waals surface area contributed by atoms with E-state index in [4.69, 9.17) is 10.8 Å². The number of carboxylic acids is 1. The molecule has 1 atom stereocenters. The van der Waals surface area contributed by atoms with Crippen molar-refractivity contribution in [3.8, 4) is 0 Å². The van der Waals surface area contributed by atoms with E-state index in [1.807, 2.05) is 6.26 Å². The second-order valence-corrected chi connectivity index (χ2v) is 2.71. The first-order chi connectivity index (χ1) is 4.18. The van der Waals surface area contributed by atoms with E-state index >= 15 is 0 Å². The van der Waals surface area contributed by atoms with Gasteiger partial charge in [-0.05, 0) is 18.4 Å². The fourth-order valence-corrected chi connectivity index (χ4v) is 0.858. The number of carboxylic acid groups (broad SMARTS) is 1.